The summed E-state index contributed by atoms with van der Waals surface area (Å²) in [5.41, 5.74) is -0.0473. The second kappa shape index (κ2) is 7.13. The van der Waals surface area contributed by atoms with Gasteiger partial charge in [-0.3, -0.25) is 4.79 Å². The van der Waals surface area contributed by atoms with Gasteiger partial charge in [0, 0.05) is 12.0 Å². The third-order valence-corrected chi connectivity index (χ3v) is 3.30. The number of carbonyl (C=O) groups is 1. The minimum atomic E-state index is -0.0473. The van der Waals surface area contributed by atoms with Crippen molar-refractivity contribution in [2.45, 2.75) is 52.0 Å². The lowest BCUT2D eigenvalue weighted by Gasteiger charge is -2.38. The lowest BCUT2D eigenvalue weighted by Crippen LogP contribution is -2.51. The molecule has 1 aliphatic rings. The van der Waals surface area contributed by atoms with Crippen LogP contribution in [-0.2, 0) is 4.79 Å². The SMILES string of the molecule is CCCC(=O)NC(C)(C)C1CCNCC1.Cl. The third kappa shape index (κ3) is 4.71. The maximum absolute atomic E-state index is 11.6. The van der Waals surface area contributed by atoms with Gasteiger partial charge >= 0.3 is 0 Å². The molecule has 1 aliphatic heterocycles. The normalized spacial score (nSPS) is 17.7. The van der Waals surface area contributed by atoms with Crippen molar-refractivity contribution in [3.05, 3.63) is 0 Å². The summed E-state index contributed by atoms with van der Waals surface area (Å²) in [4.78, 5) is 11.6. The van der Waals surface area contributed by atoms with Crippen LogP contribution >= 0.6 is 12.4 Å². The summed E-state index contributed by atoms with van der Waals surface area (Å²) >= 11 is 0. The number of rotatable bonds is 4. The molecule has 96 valence electrons. The van der Waals surface area contributed by atoms with Crippen molar-refractivity contribution < 1.29 is 4.79 Å². The van der Waals surface area contributed by atoms with Crippen molar-refractivity contribution in [2.24, 2.45) is 5.92 Å². The molecule has 0 bridgehead atoms. The fraction of sp³-hybridized carbons (Fsp3) is 0.917. The number of carbonyl (C=O) groups excluding carboxylic acids is 1. The Hall–Kier alpha value is -0.280. The van der Waals surface area contributed by atoms with Crippen LogP contribution in [0.1, 0.15) is 46.5 Å². The molecule has 0 spiro atoms. The first-order valence-electron chi connectivity index (χ1n) is 6.08. The van der Waals surface area contributed by atoms with E-state index in [2.05, 4.69) is 24.5 Å². The number of hydrogen-bond acceptors (Lipinski definition) is 2. The number of halogens is 1. The van der Waals surface area contributed by atoms with Crippen LogP contribution in [0.5, 0.6) is 0 Å². The molecular formula is C12H25ClN2O. The van der Waals surface area contributed by atoms with Crippen LogP contribution in [0, 0.1) is 5.92 Å². The molecule has 0 aromatic heterocycles. The largest absolute Gasteiger partial charge is 0.351 e. The average molecular weight is 249 g/mol. The van der Waals surface area contributed by atoms with Crippen molar-refractivity contribution in [3.8, 4) is 0 Å². The number of nitrogens with one attached hydrogen (secondary N) is 2. The molecule has 1 amide bonds. The van der Waals surface area contributed by atoms with E-state index in [1.165, 1.54) is 12.8 Å². The average Bonchev–Trinajstić information content (AvgIpc) is 2.18. The van der Waals surface area contributed by atoms with E-state index in [0.717, 1.165) is 19.5 Å². The summed E-state index contributed by atoms with van der Waals surface area (Å²) < 4.78 is 0. The van der Waals surface area contributed by atoms with Crippen molar-refractivity contribution in [1.29, 1.82) is 0 Å². The molecule has 0 unspecified atom stereocenters. The van der Waals surface area contributed by atoms with Gasteiger partial charge in [0.15, 0.2) is 0 Å². The van der Waals surface area contributed by atoms with Gasteiger partial charge < -0.3 is 10.6 Å². The Kier molecular flexibility index (Phi) is 7.00. The predicted octanol–water partition coefficient (Wildman–Crippen LogP) is 2.10. The molecule has 0 atom stereocenters. The van der Waals surface area contributed by atoms with E-state index in [0.29, 0.717) is 12.3 Å². The molecule has 4 heteroatoms. The summed E-state index contributed by atoms with van der Waals surface area (Å²) in [5.74, 6) is 0.806. The molecule has 3 nitrogen and oxygen atoms in total. The first-order valence-corrected chi connectivity index (χ1v) is 6.08. The summed E-state index contributed by atoms with van der Waals surface area (Å²) in [7, 11) is 0. The van der Waals surface area contributed by atoms with E-state index in [-0.39, 0.29) is 23.9 Å². The second-order valence-corrected chi connectivity index (χ2v) is 5.04. The highest BCUT2D eigenvalue weighted by atomic mass is 35.5. The Bertz CT molecular complexity index is 213. The Balaban J connectivity index is 0.00000225. The van der Waals surface area contributed by atoms with Gasteiger partial charge in [-0.05, 0) is 52.1 Å². The van der Waals surface area contributed by atoms with Gasteiger partial charge in [-0.25, -0.2) is 0 Å². The van der Waals surface area contributed by atoms with Gasteiger partial charge in [0.2, 0.25) is 5.91 Å². The molecule has 1 fully saturated rings. The van der Waals surface area contributed by atoms with Crippen LogP contribution in [0.15, 0.2) is 0 Å². The summed E-state index contributed by atoms with van der Waals surface area (Å²) in [6.45, 7) is 8.50. The van der Waals surface area contributed by atoms with Crippen molar-refractivity contribution in [1.82, 2.24) is 10.6 Å². The maximum Gasteiger partial charge on any atom is 0.220 e. The van der Waals surface area contributed by atoms with Crippen molar-refractivity contribution >= 4 is 18.3 Å². The monoisotopic (exact) mass is 248 g/mol. The number of hydrogen-bond donors (Lipinski definition) is 2. The molecule has 16 heavy (non-hydrogen) atoms. The van der Waals surface area contributed by atoms with Crippen LogP contribution in [0.3, 0.4) is 0 Å². The van der Waals surface area contributed by atoms with E-state index in [1.54, 1.807) is 0 Å². The van der Waals surface area contributed by atoms with E-state index in [4.69, 9.17) is 0 Å². The highest BCUT2D eigenvalue weighted by Crippen LogP contribution is 2.25. The van der Waals surface area contributed by atoms with Gasteiger partial charge in [-0.1, -0.05) is 6.92 Å². The minimum Gasteiger partial charge on any atom is -0.351 e. The summed E-state index contributed by atoms with van der Waals surface area (Å²) in [6.07, 6.45) is 3.90. The van der Waals surface area contributed by atoms with Crippen molar-refractivity contribution in [2.75, 3.05) is 13.1 Å². The molecule has 0 radical (unpaired) electrons. The van der Waals surface area contributed by atoms with Gasteiger partial charge in [0.05, 0.1) is 0 Å². The van der Waals surface area contributed by atoms with E-state index < -0.39 is 0 Å². The smallest absolute Gasteiger partial charge is 0.220 e. The quantitative estimate of drug-likeness (QED) is 0.800. The molecule has 1 saturated heterocycles. The predicted molar refractivity (Wildman–Crippen MR) is 70.0 cm³/mol. The minimum absolute atomic E-state index is 0. The van der Waals surface area contributed by atoms with E-state index in [1.807, 2.05) is 6.92 Å². The zero-order valence-electron chi connectivity index (χ0n) is 10.6. The number of piperidine rings is 1. The summed E-state index contributed by atoms with van der Waals surface area (Å²) in [5, 5.41) is 6.51. The Morgan fingerprint density at radius 1 is 1.38 bits per heavy atom. The van der Waals surface area contributed by atoms with Crippen LogP contribution in [0.2, 0.25) is 0 Å². The second-order valence-electron chi connectivity index (χ2n) is 5.04. The third-order valence-electron chi connectivity index (χ3n) is 3.30. The Morgan fingerprint density at radius 3 is 2.44 bits per heavy atom. The molecule has 0 aliphatic carbocycles. The zero-order valence-corrected chi connectivity index (χ0v) is 11.5. The highest BCUT2D eigenvalue weighted by molar-refractivity contribution is 5.85. The van der Waals surface area contributed by atoms with E-state index in [9.17, 15) is 4.79 Å². The Morgan fingerprint density at radius 2 is 1.94 bits per heavy atom. The zero-order chi connectivity index (χ0) is 11.3. The lowest BCUT2D eigenvalue weighted by molar-refractivity contribution is -0.123. The highest BCUT2D eigenvalue weighted by Gasteiger charge is 2.31. The molecule has 0 aromatic rings. The van der Waals surface area contributed by atoms with Gasteiger partial charge in [0.1, 0.15) is 0 Å². The molecule has 1 heterocycles. The molecule has 2 N–H and O–H groups in total. The molecule has 0 saturated carbocycles. The first kappa shape index (κ1) is 15.7. The first-order chi connectivity index (χ1) is 7.06. The molecular weight excluding hydrogens is 224 g/mol. The van der Waals surface area contributed by atoms with Gasteiger partial charge in [-0.2, -0.15) is 0 Å². The van der Waals surface area contributed by atoms with Crippen LogP contribution in [0.25, 0.3) is 0 Å². The summed E-state index contributed by atoms with van der Waals surface area (Å²) in [6, 6.07) is 0. The maximum atomic E-state index is 11.6. The van der Waals surface area contributed by atoms with Gasteiger partial charge in [0.25, 0.3) is 0 Å². The molecule has 0 aromatic carbocycles. The standard InChI is InChI=1S/C12H24N2O.ClH/c1-4-5-11(15)14-12(2,3)10-6-8-13-9-7-10;/h10,13H,4-9H2,1-3H3,(H,14,15);1H. The fourth-order valence-corrected chi connectivity index (χ4v) is 2.29. The number of amides is 1. The van der Waals surface area contributed by atoms with Crippen LogP contribution in [-0.4, -0.2) is 24.5 Å². The van der Waals surface area contributed by atoms with Gasteiger partial charge in [-0.15, -0.1) is 12.4 Å². The fourth-order valence-electron chi connectivity index (χ4n) is 2.29. The molecule has 1 rings (SSSR count). The lowest BCUT2D eigenvalue weighted by atomic mass is 9.80. The van der Waals surface area contributed by atoms with Crippen LogP contribution < -0.4 is 10.6 Å². The van der Waals surface area contributed by atoms with Crippen LogP contribution in [0.4, 0.5) is 0 Å². The van der Waals surface area contributed by atoms with E-state index >= 15 is 0 Å². The topological polar surface area (TPSA) is 41.1 Å². The Labute approximate surface area is 105 Å². The van der Waals surface area contributed by atoms with Crippen molar-refractivity contribution in [3.63, 3.8) is 0 Å².